The average Bonchev–Trinajstić information content (AvgIpc) is 1.79. The molecule has 0 aromatic carbocycles. The maximum Gasteiger partial charge on any atom is 0.466 e. The topological polar surface area (TPSA) is 121 Å². The lowest BCUT2D eigenvalue weighted by Gasteiger charge is -1.88. The van der Waals surface area contributed by atoms with E-state index in [0.29, 0.717) is 6.29 Å². The summed E-state index contributed by atoms with van der Waals surface area (Å²) in [7, 11) is -4.64. The van der Waals surface area contributed by atoms with Crippen LogP contribution in [-0.4, -0.2) is 33.5 Å². The highest BCUT2D eigenvalue weighted by Crippen LogP contribution is 2.25. The third kappa shape index (κ3) is 59.6. The molecule has 0 aromatic heterocycles. The maximum absolute atomic E-state index is 9.82. The molecule has 0 unspecified atom stereocenters. The van der Waals surface area contributed by atoms with E-state index in [4.69, 9.17) is 19.2 Å². The zero-order valence-electron chi connectivity index (χ0n) is 6.21. The lowest BCUT2D eigenvalue weighted by atomic mass is 10.8. The van der Waals surface area contributed by atoms with Gasteiger partial charge in [0, 0.05) is 6.92 Å². The highest BCUT2D eigenvalue weighted by atomic mass is 31.2. The molecule has 0 bridgehead atoms. The number of hydrogen-bond acceptors (Lipinski definition) is 4. The minimum absolute atomic E-state index is 0.130. The molecular formula is C4H9O7P. The molecule has 0 saturated heterocycles. The van der Waals surface area contributed by atoms with Crippen LogP contribution in [0.5, 0.6) is 0 Å². The molecule has 0 aliphatic carbocycles. The van der Waals surface area contributed by atoms with Gasteiger partial charge in [-0.05, 0) is 0 Å². The summed E-state index contributed by atoms with van der Waals surface area (Å²) in [5, 5.41) is 0. The minimum Gasteiger partial charge on any atom is -0.458 e. The third-order valence-corrected chi connectivity index (χ3v) is 0.355. The van der Waals surface area contributed by atoms with E-state index in [1.165, 1.54) is 6.92 Å². The molecule has 8 heteroatoms. The number of carbonyl (C=O) groups is 2. The molecule has 0 heterocycles. The van der Waals surface area contributed by atoms with E-state index in [-0.39, 0.29) is 6.61 Å². The quantitative estimate of drug-likeness (QED) is 0.291. The summed E-state index contributed by atoms with van der Waals surface area (Å²) in [6.07, 6.45) is 0.529. The summed E-state index contributed by atoms with van der Waals surface area (Å²) in [6.45, 7) is 1.12. The maximum atomic E-state index is 9.82. The van der Waals surface area contributed by atoms with Gasteiger partial charge < -0.3 is 19.4 Å². The lowest BCUT2D eigenvalue weighted by Crippen LogP contribution is -2.00. The van der Waals surface area contributed by atoms with E-state index >= 15 is 0 Å². The van der Waals surface area contributed by atoms with Gasteiger partial charge in [-0.2, -0.15) is 0 Å². The first-order valence-corrected chi connectivity index (χ1v) is 4.19. The van der Waals surface area contributed by atoms with Crippen LogP contribution in [0, 0.1) is 0 Å². The summed E-state index contributed by atoms with van der Waals surface area (Å²) >= 11 is 0. The van der Waals surface area contributed by atoms with Gasteiger partial charge >= 0.3 is 13.8 Å². The van der Waals surface area contributed by atoms with Crippen LogP contribution in [0.15, 0.2) is 0 Å². The van der Waals surface area contributed by atoms with Crippen molar-refractivity contribution < 1.29 is 33.6 Å². The van der Waals surface area contributed by atoms with Gasteiger partial charge in [0.05, 0.1) is 0 Å². The molecule has 3 N–H and O–H groups in total. The zero-order chi connectivity index (χ0) is 10.2. The second-order valence-corrected chi connectivity index (χ2v) is 2.51. The van der Waals surface area contributed by atoms with Gasteiger partial charge in [0.2, 0.25) is 0 Å². The fourth-order valence-corrected chi connectivity index (χ4v) is 0.151. The lowest BCUT2D eigenvalue weighted by molar-refractivity contribution is -0.143. The molecule has 0 radical (unpaired) electrons. The highest BCUT2D eigenvalue weighted by Gasteiger charge is 2.00. The minimum atomic E-state index is -4.64. The first-order valence-electron chi connectivity index (χ1n) is 2.62. The third-order valence-electron chi connectivity index (χ3n) is 0.355. The molecule has 72 valence electrons. The Hall–Kier alpha value is -0.750. The Morgan fingerprint density at radius 3 is 1.92 bits per heavy atom. The van der Waals surface area contributed by atoms with Crippen LogP contribution in [0.3, 0.4) is 0 Å². The standard InChI is InChI=1S/C4H6O3.H3O4P/c1-4(6)7-3-2-5;1-5(2,3)4/h2H,3H2,1H3;(H3,1,2,3,4). The van der Waals surface area contributed by atoms with Crippen LogP contribution in [0.1, 0.15) is 6.92 Å². The second kappa shape index (κ2) is 6.93. The fourth-order valence-electron chi connectivity index (χ4n) is 0.151. The Kier molecular flexibility index (Phi) is 7.98. The number of aldehydes is 1. The second-order valence-electron chi connectivity index (χ2n) is 1.48. The Labute approximate surface area is 68.2 Å². The van der Waals surface area contributed by atoms with Gasteiger partial charge in [-0.1, -0.05) is 0 Å². The number of carbonyl (C=O) groups excluding carboxylic acids is 2. The van der Waals surface area contributed by atoms with E-state index in [9.17, 15) is 9.59 Å². The highest BCUT2D eigenvalue weighted by molar-refractivity contribution is 7.45. The van der Waals surface area contributed by atoms with E-state index in [1.54, 1.807) is 0 Å². The van der Waals surface area contributed by atoms with Crippen LogP contribution in [0.4, 0.5) is 0 Å². The van der Waals surface area contributed by atoms with Crippen LogP contribution in [-0.2, 0) is 18.9 Å². The van der Waals surface area contributed by atoms with Gasteiger partial charge in [0.1, 0.15) is 6.61 Å². The molecule has 0 aliphatic heterocycles. The van der Waals surface area contributed by atoms with Crippen molar-refractivity contribution in [1.82, 2.24) is 0 Å². The van der Waals surface area contributed by atoms with Crippen LogP contribution in [0.25, 0.3) is 0 Å². The largest absolute Gasteiger partial charge is 0.466 e. The zero-order valence-corrected chi connectivity index (χ0v) is 7.10. The SMILES string of the molecule is CC(=O)OCC=O.O=P(O)(O)O. The number of esters is 1. The summed E-state index contributed by atoms with van der Waals surface area (Å²) in [6, 6.07) is 0. The van der Waals surface area contributed by atoms with E-state index in [0.717, 1.165) is 0 Å². The Morgan fingerprint density at radius 2 is 1.83 bits per heavy atom. The Morgan fingerprint density at radius 1 is 1.50 bits per heavy atom. The first-order chi connectivity index (χ1) is 5.27. The van der Waals surface area contributed by atoms with E-state index in [1.807, 2.05) is 0 Å². The van der Waals surface area contributed by atoms with Crippen LogP contribution in [0.2, 0.25) is 0 Å². The Balaban J connectivity index is 0. The summed E-state index contributed by atoms with van der Waals surface area (Å²) < 4.78 is 13.1. The predicted octanol–water partition coefficient (Wildman–Crippen LogP) is -1.18. The molecule has 0 aromatic rings. The molecule has 12 heavy (non-hydrogen) atoms. The monoisotopic (exact) mass is 200 g/mol. The van der Waals surface area contributed by atoms with Crippen LogP contribution >= 0.6 is 7.82 Å². The van der Waals surface area contributed by atoms with Crippen molar-refractivity contribution in [3.63, 3.8) is 0 Å². The summed E-state index contributed by atoms with van der Waals surface area (Å²) in [4.78, 5) is 40.8. The molecular weight excluding hydrogens is 191 g/mol. The molecule has 7 nitrogen and oxygen atoms in total. The van der Waals surface area contributed by atoms with E-state index < -0.39 is 13.8 Å². The number of rotatable bonds is 2. The molecule has 0 rings (SSSR count). The number of phosphoric acid groups is 1. The molecule has 0 saturated carbocycles. The van der Waals surface area contributed by atoms with Gasteiger partial charge in [0.25, 0.3) is 0 Å². The van der Waals surface area contributed by atoms with Crippen molar-refractivity contribution in [2.45, 2.75) is 6.92 Å². The smallest absolute Gasteiger partial charge is 0.458 e. The van der Waals surface area contributed by atoms with Gasteiger partial charge in [0.15, 0.2) is 6.29 Å². The molecule has 0 aliphatic rings. The van der Waals surface area contributed by atoms with Crippen LogP contribution < -0.4 is 0 Å². The van der Waals surface area contributed by atoms with Crippen molar-refractivity contribution in [1.29, 1.82) is 0 Å². The fraction of sp³-hybridized carbons (Fsp3) is 0.500. The van der Waals surface area contributed by atoms with Crippen molar-refractivity contribution in [2.75, 3.05) is 6.61 Å². The molecule has 0 fully saturated rings. The van der Waals surface area contributed by atoms with Gasteiger partial charge in [-0.25, -0.2) is 4.57 Å². The Bertz CT molecular complexity index is 174. The molecule has 0 spiro atoms. The summed E-state index contributed by atoms with van der Waals surface area (Å²) in [5.74, 6) is -0.424. The first kappa shape index (κ1) is 13.8. The van der Waals surface area contributed by atoms with Gasteiger partial charge in [-0.15, -0.1) is 0 Å². The van der Waals surface area contributed by atoms with E-state index in [2.05, 4.69) is 4.74 Å². The van der Waals surface area contributed by atoms with Gasteiger partial charge in [-0.3, -0.25) is 9.59 Å². The van der Waals surface area contributed by atoms with Crippen molar-refractivity contribution in [2.24, 2.45) is 0 Å². The number of hydrogen-bond donors (Lipinski definition) is 3. The predicted molar refractivity (Wildman–Crippen MR) is 37.0 cm³/mol. The molecule has 0 atom stereocenters. The van der Waals surface area contributed by atoms with Crippen molar-refractivity contribution in [3.8, 4) is 0 Å². The average molecular weight is 200 g/mol. The van der Waals surface area contributed by atoms with Crippen molar-refractivity contribution >= 4 is 20.1 Å². The normalized spacial score (nSPS) is 9.33. The summed E-state index contributed by atoms with van der Waals surface area (Å²) in [5.41, 5.74) is 0. The molecule has 0 amide bonds. The number of ether oxygens (including phenoxy) is 1. The van der Waals surface area contributed by atoms with Crippen molar-refractivity contribution in [3.05, 3.63) is 0 Å².